The van der Waals surface area contributed by atoms with Crippen LogP contribution in [0.3, 0.4) is 0 Å². The number of amides is 1. The van der Waals surface area contributed by atoms with E-state index in [0.717, 1.165) is 12.0 Å². The number of carbonyl (C=O) groups is 1. The van der Waals surface area contributed by atoms with Crippen molar-refractivity contribution in [3.05, 3.63) is 58.9 Å². The summed E-state index contributed by atoms with van der Waals surface area (Å²) in [7, 11) is 0. The third-order valence-corrected chi connectivity index (χ3v) is 4.06. The van der Waals surface area contributed by atoms with Gasteiger partial charge in [0.2, 0.25) is 0 Å². The van der Waals surface area contributed by atoms with Gasteiger partial charge < -0.3 is 15.1 Å². The number of carbonyl (C=O) groups excluding carboxylic acids is 1. The Bertz CT molecular complexity index is 741. The molecule has 0 atom stereocenters. The zero-order valence-electron chi connectivity index (χ0n) is 14.8. The highest BCUT2D eigenvalue weighted by molar-refractivity contribution is 5.97. The molecule has 0 heterocycles. The van der Waals surface area contributed by atoms with E-state index in [-0.39, 0.29) is 34.7 Å². The standard InChI is InChI=1S/C20H24FNO3/c1-4-9-22(12-14-5-7-15(21)8-6-14)20(25)17-10-16(13(2)3)18(23)11-19(17)24/h5-8,10-11,13,23-24H,4,9,12H2,1-3H3. The summed E-state index contributed by atoms with van der Waals surface area (Å²) in [5.74, 6) is -0.888. The van der Waals surface area contributed by atoms with E-state index in [1.807, 2.05) is 20.8 Å². The van der Waals surface area contributed by atoms with Gasteiger partial charge in [0.1, 0.15) is 17.3 Å². The van der Waals surface area contributed by atoms with Crippen molar-refractivity contribution in [3.8, 4) is 11.5 Å². The van der Waals surface area contributed by atoms with Crippen LogP contribution >= 0.6 is 0 Å². The Morgan fingerprint density at radius 2 is 1.76 bits per heavy atom. The highest BCUT2D eigenvalue weighted by Crippen LogP contribution is 2.33. The number of hydrogen-bond acceptors (Lipinski definition) is 3. The number of phenolic OH excluding ortho intramolecular Hbond substituents is 2. The van der Waals surface area contributed by atoms with E-state index in [4.69, 9.17) is 0 Å². The first-order chi connectivity index (χ1) is 11.8. The van der Waals surface area contributed by atoms with Crippen molar-refractivity contribution in [3.63, 3.8) is 0 Å². The lowest BCUT2D eigenvalue weighted by Gasteiger charge is -2.23. The number of phenols is 2. The smallest absolute Gasteiger partial charge is 0.257 e. The van der Waals surface area contributed by atoms with Crippen LogP contribution in [0.15, 0.2) is 36.4 Å². The molecule has 0 radical (unpaired) electrons. The van der Waals surface area contributed by atoms with E-state index >= 15 is 0 Å². The fourth-order valence-corrected chi connectivity index (χ4v) is 2.73. The maximum atomic E-state index is 13.1. The van der Waals surface area contributed by atoms with Gasteiger partial charge in [-0.15, -0.1) is 0 Å². The molecular weight excluding hydrogens is 321 g/mol. The Hall–Kier alpha value is -2.56. The van der Waals surface area contributed by atoms with Crippen LogP contribution in [0.5, 0.6) is 11.5 Å². The SMILES string of the molecule is CCCN(Cc1ccc(F)cc1)C(=O)c1cc(C(C)C)c(O)cc1O. The molecule has 25 heavy (non-hydrogen) atoms. The van der Waals surface area contributed by atoms with Gasteiger partial charge in [-0.25, -0.2) is 4.39 Å². The molecular formula is C20H24FNO3. The van der Waals surface area contributed by atoms with Crippen LogP contribution in [0.4, 0.5) is 4.39 Å². The summed E-state index contributed by atoms with van der Waals surface area (Å²) in [5.41, 5.74) is 1.59. The summed E-state index contributed by atoms with van der Waals surface area (Å²) in [5, 5.41) is 20.1. The lowest BCUT2D eigenvalue weighted by atomic mass is 9.98. The van der Waals surface area contributed by atoms with Crippen molar-refractivity contribution >= 4 is 5.91 Å². The van der Waals surface area contributed by atoms with E-state index in [0.29, 0.717) is 18.7 Å². The van der Waals surface area contributed by atoms with Gasteiger partial charge >= 0.3 is 0 Å². The molecule has 4 nitrogen and oxygen atoms in total. The van der Waals surface area contributed by atoms with Crippen molar-refractivity contribution in [2.24, 2.45) is 0 Å². The van der Waals surface area contributed by atoms with Crippen molar-refractivity contribution in [2.75, 3.05) is 6.54 Å². The Morgan fingerprint density at radius 1 is 1.12 bits per heavy atom. The third kappa shape index (κ3) is 4.50. The zero-order valence-corrected chi connectivity index (χ0v) is 14.8. The van der Waals surface area contributed by atoms with Crippen molar-refractivity contribution in [2.45, 2.75) is 39.7 Å². The lowest BCUT2D eigenvalue weighted by Crippen LogP contribution is -2.31. The van der Waals surface area contributed by atoms with Crippen LogP contribution in [-0.4, -0.2) is 27.6 Å². The quantitative estimate of drug-likeness (QED) is 0.815. The Balaban J connectivity index is 2.33. The molecule has 0 spiro atoms. The summed E-state index contributed by atoms with van der Waals surface area (Å²) in [6.07, 6.45) is 0.753. The molecule has 0 fully saturated rings. The van der Waals surface area contributed by atoms with Crippen LogP contribution in [0.1, 0.15) is 54.6 Å². The van der Waals surface area contributed by atoms with E-state index < -0.39 is 0 Å². The van der Waals surface area contributed by atoms with Gasteiger partial charge in [0.25, 0.3) is 5.91 Å². The average Bonchev–Trinajstić information content (AvgIpc) is 2.55. The number of benzene rings is 2. The molecule has 0 saturated heterocycles. The van der Waals surface area contributed by atoms with Crippen LogP contribution in [-0.2, 0) is 6.54 Å². The number of nitrogens with zero attached hydrogens (tertiary/aromatic N) is 1. The molecule has 0 bridgehead atoms. The highest BCUT2D eigenvalue weighted by Gasteiger charge is 2.21. The predicted octanol–water partition coefficient (Wildman–Crippen LogP) is 4.41. The van der Waals surface area contributed by atoms with Gasteiger partial charge in [-0.2, -0.15) is 0 Å². The van der Waals surface area contributed by atoms with Gasteiger partial charge in [-0.3, -0.25) is 4.79 Å². The van der Waals surface area contributed by atoms with Gasteiger partial charge in [-0.1, -0.05) is 32.9 Å². The Kier molecular flexibility index (Phi) is 6.02. The maximum Gasteiger partial charge on any atom is 0.257 e. The second-order valence-corrected chi connectivity index (χ2v) is 6.44. The molecule has 5 heteroatoms. The molecule has 1 amide bonds. The predicted molar refractivity (Wildman–Crippen MR) is 95.3 cm³/mol. The minimum atomic E-state index is -0.324. The molecule has 0 aliphatic rings. The second-order valence-electron chi connectivity index (χ2n) is 6.44. The number of halogens is 1. The molecule has 2 aromatic rings. The highest BCUT2D eigenvalue weighted by atomic mass is 19.1. The largest absolute Gasteiger partial charge is 0.508 e. The van der Waals surface area contributed by atoms with E-state index in [9.17, 15) is 19.4 Å². The first-order valence-corrected chi connectivity index (χ1v) is 8.43. The first-order valence-electron chi connectivity index (χ1n) is 8.43. The van der Waals surface area contributed by atoms with Crippen LogP contribution in [0.2, 0.25) is 0 Å². The van der Waals surface area contributed by atoms with Gasteiger partial charge in [0.15, 0.2) is 0 Å². The van der Waals surface area contributed by atoms with Crippen molar-refractivity contribution in [1.82, 2.24) is 4.90 Å². The van der Waals surface area contributed by atoms with Crippen LogP contribution < -0.4 is 0 Å². The van der Waals surface area contributed by atoms with Crippen molar-refractivity contribution in [1.29, 1.82) is 0 Å². The zero-order chi connectivity index (χ0) is 18.6. The molecule has 2 aromatic carbocycles. The fourth-order valence-electron chi connectivity index (χ4n) is 2.73. The summed E-state index contributed by atoms with van der Waals surface area (Å²) in [4.78, 5) is 14.5. The molecule has 0 aromatic heterocycles. The van der Waals surface area contributed by atoms with E-state index in [1.165, 1.54) is 18.2 Å². The summed E-state index contributed by atoms with van der Waals surface area (Å²) in [6, 6.07) is 8.76. The van der Waals surface area contributed by atoms with Gasteiger partial charge in [0, 0.05) is 19.2 Å². The fraction of sp³-hybridized carbons (Fsp3) is 0.350. The summed E-state index contributed by atoms with van der Waals surface area (Å²) >= 11 is 0. The van der Waals surface area contributed by atoms with E-state index in [2.05, 4.69) is 0 Å². The monoisotopic (exact) mass is 345 g/mol. The Morgan fingerprint density at radius 3 is 2.32 bits per heavy atom. The second kappa shape index (κ2) is 8.01. The van der Waals surface area contributed by atoms with Crippen LogP contribution in [0, 0.1) is 5.82 Å². The normalized spacial score (nSPS) is 10.9. The molecule has 0 saturated carbocycles. The minimum Gasteiger partial charge on any atom is -0.508 e. The van der Waals surface area contributed by atoms with Gasteiger partial charge in [-0.05, 0) is 41.7 Å². The number of aromatic hydroxyl groups is 2. The Labute approximate surface area is 147 Å². The summed E-state index contributed by atoms with van der Waals surface area (Å²) in [6.45, 7) is 6.60. The topological polar surface area (TPSA) is 60.8 Å². The number of hydrogen-bond donors (Lipinski definition) is 2. The molecule has 2 rings (SSSR count). The third-order valence-electron chi connectivity index (χ3n) is 4.06. The first kappa shape index (κ1) is 18.8. The van der Waals surface area contributed by atoms with Crippen LogP contribution in [0.25, 0.3) is 0 Å². The molecule has 0 aliphatic carbocycles. The molecule has 2 N–H and O–H groups in total. The van der Waals surface area contributed by atoms with Gasteiger partial charge in [0.05, 0.1) is 5.56 Å². The van der Waals surface area contributed by atoms with Crippen molar-refractivity contribution < 1.29 is 19.4 Å². The maximum absolute atomic E-state index is 13.1. The summed E-state index contributed by atoms with van der Waals surface area (Å²) < 4.78 is 13.1. The number of rotatable bonds is 6. The average molecular weight is 345 g/mol. The molecule has 0 aliphatic heterocycles. The molecule has 0 unspecified atom stereocenters. The lowest BCUT2D eigenvalue weighted by molar-refractivity contribution is 0.0740. The van der Waals surface area contributed by atoms with E-state index in [1.54, 1.807) is 23.1 Å². The molecule has 134 valence electrons. The minimum absolute atomic E-state index is 0.0175.